The summed E-state index contributed by atoms with van der Waals surface area (Å²) in [5.74, 6) is -0.0250. The standard InChI is InChI=1S/C13H20N2O2S/c1-17-8-4-7-15-13(16)11-9-5-2-3-6-10(9)18-12(11)14/h2-8,14H2,1H3,(H,15,16). The summed E-state index contributed by atoms with van der Waals surface area (Å²) in [5.41, 5.74) is 7.90. The van der Waals surface area contributed by atoms with Crippen LogP contribution in [0.2, 0.25) is 0 Å². The molecule has 0 saturated heterocycles. The predicted molar refractivity (Wildman–Crippen MR) is 74.2 cm³/mol. The van der Waals surface area contributed by atoms with Crippen LogP contribution in [-0.2, 0) is 17.6 Å². The maximum Gasteiger partial charge on any atom is 0.254 e. The lowest BCUT2D eigenvalue weighted by Crippen LogP contribution is -2.26. The first-order valence-corrected chi connectivity index (χ1v) is 7.23. The van der Waals surface area contributed by atoms with Crippen LogP contribution < -0.4 is 11.1 Å². The molecule has 0 fully saturated rings. The van der Waals surface area contributed by atoms with Crippen LogP contribution in [0.3, 0.4) is 0 Å². The van der Waals surface area contributed by atoms with Gasteiger partial charge in [0.2, 0.25) is 0 Å². The van der Waals surface area contributed by atoms with Gasteiger partial charge in [-0.25, -0.2) is 0 Å². The fraction of sp³-hybridized carbons (Fsp3) is 0.615. The molecule has 1 aromatic heterocycles. The van der Waals surface area contributed by atoms with E-state index >= 15 is 0 Å². The zero-order valence-corrected chi connectivity index (χ0v) is 11.6. The lowest BCUT2D eigenvalue weighted by Gasteiger charge is -2.12. The van der Waals surface area contributed by atoms with E-state index in [-0.39, 0.29) is 5.91 Å². The molecule has 1 amide bonds. The van der Waals surface area contributed by atoms with Gasteiger partial charge in [0.15, 0.2) is 0 Å². The van der Waals surface area contributed by atoms with Gasteiger partial charge in [-0.15, -0.1) is 11.3 Å². The molecule has 1 aliphatic carbocycles. The van der Waals surface area contributed by atoms with Crippen LogP contribution >= 0.6 is 11.3 Å². The van der Waals surface area contributed by atoms with Crippen molar-refractivity contribution in [2.75, 3.05) is 26.0 Å². The number of nitrogen functional groups attached to an aromatic ring is 1. The second-order valence-corrected chi connectivity index (χ2v) is 5.69. The summed E-state index contributed by atoms with van der Waals surface area (Å²) in [6.07, 6.45) is 5.26. The minimum Gasteiger partial charge on any atom is -0.390 e. The minimum atomic E-state index is -0.0250. The largest absolute Gasteiger partial charge is 0.390 e. The molecule has 4 nitrogen and oxygen atoms in total. The SMILES string of the molecule is COCCCNC(=O)c1c(N)sc2c1CCCC2. The highest BCUT2D eigenvalue weighted by atomic mass is 32.1. The van der Waals surface area contributed by atoms with Crippen LogP contribution in [-0.4, -0.2) is 26.2 Å². The Labute approximate surface area is 112 Å². The first kappa shape index (κ1) is 13.4. The fourth-order valence-corrected chi connectivity index (χ4v) is 3.50. The van der Waals surface area contributed by atoms with Gasteiger partial charge >= 0.3 is 0 Å². The van der Waals surface area contributed by atoms with E-state index in [1.54, 1.807) is 18.4 Å². The fourth-order valence-electron chi connectivity index (χ4n) is 2.34. The number of carbonyl (C=O) groups excluding carboxylic acids is 1. The number of hydrogen-bond donors (Lipinski definition) is 2. The number of amides is 1. The third kappa shape index (κ3) is 2.84. The highest BCUT2D eigenvalue weighted by Gasteiger charge is 2.23. The van der Waals surface area contributed by atoms with Gasteiger partial charge in [-0.05, 0) is 37.7 Å². The average molecular weight is 268 g/mol. The first-order chi connectivity index (χ1) is 8.74. The van der Waals surface area contributed by atoms with E-state index in [0.29, 0.717) is 18.2 Å². The van der Waals surface area contributed by atoms with E-state index in [4.69, 9.17) is 10.5 Å². The second kappa shape index (κ2) is 6.20. The van der Waals surface area contributed by atoms with Crippen molar-refractivity contribution in [3.8, 4) is 0 Å². The van der Waals surface area contributed by atoms with E-state index in [2.05, 4.69) is 5.32 Å². The molecular weight excluding hydrogens is 248 g/mol. The second-order valence-electron chi connectivity index (χ2n) is 4.55. The monoisotopic (exact) mass is 268 g/mol. The van der Waals surface area contributed by atoms with Crippen LogP contribution in [0.15, 0.2) is 0 Å². The average Bonchev–Trinajstić information content (AvgIpc) is 2.70. The van der Waals surface area contributed by atoms with E-state index in [1.165, 1.54) is 16.9 Å². The zero-order valence-electron chi connectivity index (χ0n) is 10.8. The van der Waals surface area contributed by atoms with Crippen LogP contribution in [0, 0.1) is 0 Å². The quantitative estimate of drug-likeness (QED) is 0.803. The molecule has 0 atom stereocenters. The molecule has 0 unspecified atom stereocenters. The van der Waals surface area contributed by atoms with Crippen LogP contribution in [0.1, 0.15) is 40.1 Å². The van der Waals surface area contributed by atoms with Crippen LogP contribution in [0.5, 0.6) is 0 Å². The molecule has 0 saturated carbocycles. The Balaban J connectivity index is 2.03. The van der Waals surface area contributed by atoms with Crippen LogP contribution in [0.4, 0.5) is 5.00 Å². The van der Waals surface area contributed by atoms with E-state index in [0.717, 1.165) is 31.2 Å². The smallest absolute Gasteiger partial charge is 0.254 e. The van der Waals surface area contributed by atoms with Crippen molar-refractivity contribution in [3.63, 3.8) is 0 Å². The molecule has 1 aromatic rings. The molecule has 100 valence electrons. The summed E-state index contributed by atoms with van der Waals surface area (Å²) in [5, 5.41) is 3.59. The number of rotatable bonds is 5. The number of ether oxygens (including phenoxy) is 1. The molecule has 2 rings (SSSR count). The summed E-state index contributed by atoms with van der Waals surface area (Å²) in [6, 6.07) is 0. The van der Waals surface area contributed by atoms with Crippen molar-refractivity contribution in [2.24, 2.45) is 0 Å². The molecule has 0 spiro atoms. The predicted octanol–water partition coefficient (Wildman–Crippen LogP) is 1.98. The van der Waals surface area contributed by atoms with Gasteiger partial charge in [0.05, 0.1) is 10.6 Å². The van der Waals surface area contributed by atoms with Gasteiger partial charge in [-0.3, -0.25) is 4.79 Å². The maximum absolute atomic E-state index is 12.1. The molecule has 5 heteroatoms. The van der Waals surface area contributed by atoms with Crippen molar-refractivity contribution in [1.82, 2.24) is 5.32 Å². The minimum absolute atomic E-state index is 0.0250. The first-order valence-electron chi connectivity index (χ1n) is 6.41. The number of methoxy groups -OCH3 is 1. The Hall–Kier alpha value is -1.07. The van der Waals surface area contributed by atoms with Crippen molar-refractivity contribution in [3.05, 3.63) is 16.0 Å². The molecule has 0 radical (unpaired) electrons. The van der Waals surface area contributed by atoms with Crippen LogP contribution in [0.25, 0.3) is 0 Å². The normalized spacial score (nSPS) is 14.3. The Morgan fingerprint density at radius 3 is 3.00 bits per heavy atom. The van der Waals surface area contributed by atoms with Gasteiger partial charge < -0.3 is 15.8 Å². The third-order valence-electron chi connectivity index (χ3n) is 3.24. The summed E-state index contributed by atoms with van der Waals surface area (Å²) < 4.78 is 4.95. The van der Waals surface area contributed by atoms with E-state index in [9.17, 15) is 4.79 Å². The molecule has 0 aliphatic heterocycles. The number of thiophene rings is 1. The Morgan fingerprint density at radius 2 is 2.22 bits per heavy atom. The van der Waals surface area contributed by atoms with Crippen molar-refractivity contribution < 1.29 is 9.53 Å². The summed E-state index contributed by atoms with van der Waals surface area (Å²) in [6.45, 7) is 1.30. The highest BCUT2D eigenvalue weighted by Crippen LogP contribution is 2.36. The lowest BCUT2D eigenvalue weighted by molar-refractivity contribution is 0.0949. The number of carbonyl (C=O) groups is 1. The van der Waals surface area contributed by atoms with Gasteiger partial charge in [-0.2, -0.15) is 0 Å². The molecule has 3 N–H and O–H groups in total. The topological polar surface area (TPSA) is 64.3 Å². The van der Waals surface area contributed by atoms with E-state index in [1.807, 2.05) is 0 Å². The van der Waals surface area contributed by atoms with Crippen molar-refractivity contribution in [2.45, 2.75) is 32.1 Å². The number of nitrogens with one attached hydrogen (secondary N) is 1. The van der Waals surface area contributed by atoms with Gasteiger partial charge in [0.25, 0.3) is 5.91 Å². The molecule has 1 heterocycles. The van der Waals surface area contributed by atoms with Gasteiger partial charge in [0, 0.05) is 25.1 Å². The number of aryl methyl sites for hydroxylation is 1. The molecular formula is C13H20N2O2S. The summed E-state index contributed by atoms with van der Waals surface area (Å²) in [7, 11) is 1.66. The summed E-state index contributed by atoms with van der Waals surface area (Å²) >= 11 is 1.58. The van der Waals surface area contributed by atoms with Crippen molar-refractivity contribution in [1.29, 1.82) is 0 Å². The molecule has 0 aromatic carbocycles. The lowest BCUT2D eigenvalue weighted by atomic mass is 9.95. The Bertz CT molecular complexity index is 429. The molecule has 0 bridgehead atoms. The Morgan fingerprint density at radius 1 is 1.44 bits per heavy atom. The number of fused-ring (bicyclic) bond motifs is 1. The number of anilines is 1. The number of hydrogen-bond acceptors (Lipinski definition) is 4. The van der Waals surface area contributed by atoms with Gasteiger partial charge in [0.1, 0.15) is 0 Å². The van der Waals surface area contributed by atoms with Gasteiger partial charge in [-0.1, -0.05) is 0 Å². The zero-order chi connectivity index (χ0) is 13.0. The molecule has 1 aliphatic rings. The maximum atomic E-state index is 12.1. The van der Waals surface area contributed by atoms with E-state index < -0.39 is 0 Å². The van der Waals surface area contributed by atoms with Crippen molar-refractivity contribution >= 4 is 22.2 Å². The highest BCUT2D eigenvalue weighted by molar-refractivity contribution is 7.16. The summed E-state index contributed by atoms with van der Waals surface area (Å²) in [4.78, 5) is 13.4. The molecule has 18 heavy (non-hydrogen) atoms. The number of nitrogens with two attached hydrogens (primary N) is 1. The third-order valence-corrected chi connectivity index (χ3v) is 4.36. The Kier molecular flexibility index (Phi) is 4.60.